The Balaban J connectivity index is 2.61. The summed E-state index contributed by atoms with van der Waals surface area (Å²) in [4.78, 5) is 23.0. The summed E-state index contributed by atoms with van der Waals surface area (Å²) in [5.74, 6) is -1.76. The lowest BCUT2D eigenvalue weighted by atomic mass is 10.1. The van der Waals surface area contributed by atoms with Crippen LogP contribution in [0.15, 0.2) is 24.3 Å². The zero-order chi connectivity index (χ0) is 14.4. The largest absolute Gasteiger partial charge is 0.464 e. The highest BCUT2D eigenvalue weighted by Gasteiger charge is 2.24. The van der Waals surface area contributed by atoms with Crippen molar-refractivity contribution in [3.05, 3.63) is 35.6 Å². The number of esters is 1. The van der Waals surface area contributed by atoms with Gasteiger partial charge >= 0.3 is 5.97 Å². The number of nitrogens with one attached hydrogen (secondary N) is 1. The lowest BCUT2D eigenvalue weighted by molar-refractivity contribution is -0.148. The average molecular weight is 268 g/mol. The van der Waals surface area contributed by atoms with Gasteiger partial charge in [0.05, 0.1) is 12.6 Å². The minimum atomic E-state index is -1.36. The van der Waals surface area contributed by atoms with Gasteiger partial charge < -0.3 is 15.8 Å². The molecular formula is C13H17FN2O3. The lowest BCUT2D eigenvalue weighted by Gasteiger charge is -2.17. The van der Waals surface area contributed by atoms with Crippen molar-refractivity contribution in [2.45, 2.75) is 25.9 Å². The Hall–Kier alpha value is -1.95. The van der Waals surface area contributed by atoms with Crippen LogP contribution in [0.4, 0.5) is 4.39 Å². The number of nitrogens with two attached hydrogens (primary N) is 1. The van der Waals surface area contributed by atoms with E-state index < -0.39 is 17.9 Å². The molecule has 0 aliphatic heterocycles. The summed E-state index contributed by atoms with van der Waals surface area (Å²) in [6.45, 7) is 3.50. The number of hydrogen-bond donors (Lipinski definition) is 2. The van der Waals surface area contributed by atoms with Gasteiger partial charge in [-0.25, -0.2) is 9.18 Å². The minimum Gasteiger partial charge on any atom is -0.464 e. The predicted molar refractivity (Wildman–Crippen MR) is 67.6 cm³/mol. The molecule has 5 nitrogen and oxygen atoms in total. The maximum absolute atomic E-state index is 12.8. The summed E-state index contributed by atoms with van der Waals surface area (Å²) in [6, 6.07) is 3.95. The molecule has 19 heavy (non-hydrogen) atoms. The van der Waals surface area contributed by atoms with E-state index in [1.165, 1.54) is 12.1 Å². The molecule has 0 radical (unpaired) electrons. The van der Waals surface area contributed by atoms with Crippen LogP contribution >= 0.6 is 0 Å². The fourth-order valence-corrected chi connectivity index (χ4v) is 1.48. The van der Waals surface area contributed by atoms with Crippen LogP contribution in [0, 0.1) is 5.82 Å². The third kappa shape index (κ3) is 4.33. The molecule has 1 amide bonds. The number of hydrogen-bond acceptors (Lipinski definition) is 4. The topological polar surface area (TPSA) is 81.4 Å². The van der Waals surface area contributed by atoms with Gasteiger partial charge in [-0.2, -0.15) is 0 Å². The van der Waals surface area contributed by atoms with Gasteiger partial charge in [-0.05, 0) is 31.5 Å². The molecule has 1 aromatic carbocycles. The number of halogens is 1. The Labute approximate surface area is 110 Å². The third-order valence-electron chi connectivity index (χ3n) is 2.55. The maximum Gasteiger partial charge on any atom is 0.332 e. The van der Waals surface area contributed by atoms with Crippen LogP contribution in [0.2, 0.25) is 0 Å². The van der Waals surface area contributed by atoms with Crippen LogP contribution in [-0.4, -0.2) is 24.5 Å². The predicted octanol–water partition coefficient (Wildman–Crippen LogP) is 0.893. The summed E-state index contributed by atoms with van der Waals surface area (Å²) in [6.07, 6.45) is 0. The van der Waals surface area contributed by atoms with E-state index in [4.69, 9.17) is 5.73 Å². The van der Waals surface area contributed by atoms with Crippen LogP contribution in [-0.2, 0) is 14.3 Å². The fourth-order valence-electron chi connectivity index (χ4n) is 1.48. The first-order valence-electron chi connectivity index (χ1n) is 5.93. The molecule has 0 saturated carbocycles. The second kappa shape index (κ2) is 6.84. The molecule has 0 fully saturated rings. The van der Waals surface area contributed by atoms with E-state index in [1.807, 2.05) is 0 Å². The van der Waals surface area contributed by atoms with E-state index in [-0.39, 0.29) is 18.5 Å². The molecule has 1 rings (SSSR count). The molecule has 0 aromatic heterocycles. The normalized spacial score (nSPS) is 13.5. The van der Waals surface area contributed by atoms with Crippen LogP contribution in [0.1, 0.15) is 25.5 Å². The Morgan fingerprint density at radius 2 is 1.95 bits per heavy atom. The molecule has 0 aliphatic carbocycles. The zero-order valence-electron chi connectivity index (χ0n) is 10.9. The van der Waals surface area contributed by atoms with Gasteiger partial charge in [0.15, 0.2) is 6.04 Å². The van der Waals surface area contributed by atoms with Crippen molar-refractivity contribution in [3.8, 4) is 0 Å². The first-order chi connectivity index (χ1) is 8.95. The monoisotopic (exact) mass is 268 g/mol. The van der Waals surface area contributed by atoms with Gasteiger partial charge in [0.2, 0.25) is 5.91 Å². The van der Waals surface area contributed by atoms with E-state index in [0.29, 0.717) is 5.56 Å². The zero-order valence-corrected chi connectivity index (χ0v) is 10.9. The summed E-state index contributed by atoms with van der Waals surface area (Å²) in [7, 11) is 0. The molecule has 0 heterocycles. The van der Waals surface area contributed by atoms with Crippen LogP contribution in [0.3, 0.4) is 0 Å². The molecular weight excluding hydrogens is 251 g/mol. The van der Waals surface area contributed by atoms with Crippen molar-refractivity contribution >= 4 is 11.9 Å². The van der Waals surface area contributed by atoms with E-state index in [0.717, 1.165) is 0 Å². The van der Waals surface area contributed by atoms with Crippen molar-refractivity contribution in [3.63, 3.8) is 0 Å². The van der Waals surface area contributed by atoms with Gasteiger partial charge in [-0.1, -0.05) is 12.1 Å². The average Bonchev–Trinajstić information content (AvgIpc) is 2.38. The molecule has 1 aromatic rings. The smallest absolute Gasteiger partial charge is 0.332 e. The highest BCUT2D eigenvalue weighted by molar-refractivity contribution is 6.01. The molecule has 104 valence electrons. The van der Waals surface area contributed by atoms with Crippen LogP contribution in [0.25, 0.3) is 0 Å². The molecule has 6 heteroatoms. The molecule has 3 N–H and O–H groups in total. The fraction of sp³-hybridized carbons (Fsp3) is 0.385. The number of rotatable bonds is 5. The van der Waals surface area contributed by atoms with Crippen molar-refractivity contribution in [1.82, 2.24) is 5.32 Å². The van der Waals surface area contributed by atoms with E-state index in [9.17, 15) is 14.0 Å². The van der Waals surface area contributed by atoms with Crippen molar-refractivity contribution in [2.24, 2.45) is 5.73 Å². The first kappa shape index (κ1) is 15.1. The Morgan fingerprint density at radius 1 is 1.37 bits per heavy atom. The van der Waals surface area contributed by atoms with E-state index >= 15 is 0 Å². The summed E-state index contributed by atoms with van der Waals surface area (Å²) in [5.41, 5.74) is 6.16. The summed E-state index contributed by atoms with van der Waals surface area (Å²) < 4.78 is 17.4. The van der Waals surface area contributed by atoms with Gasteiger partial charge in [0, 0.05) is 0 Å². The lowest BCUT2D eigenvalue weighted by Crippen LogP contribution is -2.47. The number of amides is 1. The van der Waals surface area contributed by atoms with Crippen molar-refractivity contribution in [2.75, 3.05) is 6.61 Å². The Kier molecular flexibility index (Phi) is 5.44. The quantitative estimate of drug-likeness (QED) is 0.614. The van der Waals surface area contributed by atoms with E-state index in [1.54, 1.807) is 26.0 Å². The second-order valence-corrected chi connectivity index (χ2v) is 4.01. The molecule has 0 spiro atoms. The maximum atomic E-state index is 12.8. The highest BCUT2D eigenvalue weighted by Crippen LogP contribution is 2.12. The van der Waals surface area contributed by atoms with Gasteiger partial charge in [0.1, 0.15) is 5.82 Å². The minimum absolute atomic E-state index is 0.160. The molecule has 0 saturated heterocycles. The van der Waals surface area contributed by atoms with Gasteiger partial charge in [-0.15, -0.1) is 0 Å². The number of benzene rings is 1. The molecule has 0 aliphatic rings. The molecule has 2 atom stereocenters. The van der Waals surface area contributed by atoms with Crippen molar-refractivity contribution < 1.29 is 18.7 Å². The molecule has 0 bridgehead atoms. The Bertz CT molecular complexity index is 448. The SMILES string of the molecule is CCOC(=O)C(N)C(=O)N[C@@H](C)c1ccc(F)cc1. The number of carbonyl (C=O) groups is 2. The third-order valence-corrected chi connectivity index (χ3v) is 2.55. The van der Waals surface area contributed by atoms with Crippen LogP contribution < -0.4 is 11.1 Å². The number of carbonyl (C=O) groups excluding carboxylic acids is 2. The van der Waals surface area contributed by atoms with Crippen molar-refractivity contribution in [1.29, 1.82) is 0 Å². The second-order valence-electron chi connectivity index (χ2n) is 4.01. The van der Waals surface area contributed by atoms with Gasteiger partial charge in [-0.3, -0.25) is 4.79 Å². The van der Waals surface area contributed by atoms with E-state index in [2.05, 4.69) is 10.1 Å². The van der Waals surface area contributed by atoms with Crippen LogP contribution in [0.5, 0.6) is 0 Å². The standard InChI is InChI=1S/C13H17FN2O3/c1-3-19-13(18)11(15)12(17)16-8(2)9-4-6-10(14)7-5-9/h4-8,11H,3,15H2,1-2H3,(H,16,17)/t8-,11?/m0/s1. The number of ether oxygens (including phenoxy) is 1. The highest BCUT2D eigenvalue weighted by atomic mass is 19.1. The summed E-state index contributed by atoms with van der Waals surface area (Å²) >= 11 is 0. The van der Waals surface area contributed by atoms with Gasteiger partial charge in [0.25, 0.3) is 0 Å². The molecule has 1 unspecified atom stereocenters. The summed E-state index contributed by atoms with van der Waals surface area (Å²) in [5, 5.41) is 2.57. The first-order valence-corrected chi connectivity index (χ1v) is 5.93. The Morgan fingerprint density at radius 3 is 2.47 bits per heavy atom.